The number of rotatable bonds is 5. The molecule has 6 nitrogen and oxygen atoms in total. The molecule has 1 amide bonds. The second kappa shape index (κ2) is 8.37. The number of carbonyl (C=O) groups excluding carboxylic acids is 1. The summed E-state index contributed by atoms with van der Waals surface area (Å²) in [5.74, 6) is -0.0577. The summed E-state index contributed by atoms with van der Waals surface area (Å²) >= 11 is 0. The summed E-state index contributed by atoms with van der Waals surface area (Å²) in [7, 11) is 0. The first kappa shape index (κ1) is 20.1. The number of carbonyl (C=O) groups is 1. The van der Waals surface area contributed by atoms with Crippen LogP contribution in [0.25, 0.3) is 11.3 Å². The zero-order valence-electron chi connectivity index (χ0n) is 17.0. The third-order valence-electron chi connectivity index (χ3n) is 5.51. The Morgan fingerprint density at radius 2 is 2.00 bits per heavy atom. The average Bonchev–Trinajstić information content (AvgIpc) is 3.54. The number of aromatic nitrogens is 2. The number of hydrogen-bond acceptors (Lipinski definition) is 5. The fourth-order valence-electron chi connectivity index (χ4n) is 3.99. The molecule has 32 heavy (non-hydrogen) atoms. The number of halogens is 2. The van der Waals surface area contributed by atoms with Gasteiger partial charge in [-0.2, -0.15) is 0 Å². The summed E-state index contributed by atoms with van der Waals surface area (Å²) in [6.45, 7) is 0.515. The first-order valence-corrected chi connectivity index (χ1v) is 10.3. The molecule has 8 heteroatoms. The molecule has 4 aromatic rings. The zero-order chi connectivity index (χ0) is 22.1. The van der Waals surface area contributed by atoms with Crippen LogP contribution in [0.4, 0.5) is 8.78 Å². The van der Waals surface area contributed by atoms with Gasteiger partial charge in [-0.1, -0.05) is 29.4 Å². The van der Waals surface area contributed by atoms with Crippen LogP contribution in [0.2, 0.25) is 0 Å². The van der Waals surface area contributed by atoms with Gasteiger partial charge in [-0.15, -0.1) is 0 Å². The van der Waals surface area contributed by atoms with Gasteiger partial charge in [0.15, 0.2) is 0 Å². The van der Waals surface area contributed by atoms with Crippen LogP contribution in [0.3, 0.4) is 0 Å². The molecule has 162 valence electrons. The van der Waals surface area contributed by atoms with E-state index in [9.17, 15) is 13.6 Å². The Morgan fingerprint density at radius 1 is 1.12 bits per heavy atom. The summed E-state index contributed by atoms with van der Waals surface area (Å²) in [6, 6.07) is 13.6. The maximum Gasteiger partial charge on any atom is 0.293 e. The van der Waals surface area contributed by atoms with Crippen molar-refractivity contribution in [2.45, 2.75) is 25.3 Å². The Balaban J connectivity index is 1.33. The molecule has 0 aliphatic carbocycles. The second-order valence-corrected chi connectivity index (χ2v) is 7.68. The van der Waals surface area contributed by atoms with E-state index in [4.69, 9.17) is 8.94 Å². The van der Waals surface area contributed by atoms with E-state index in [0.717, 1.165) is 12.0 Å². The van der Waals surface area contributed by atoms with Crippen LogP contribution < -0.4 is 0 Å². The molecule has 2 aromatic carbocycles. The summed E-state index contributed by atoms with van der Waals surface area (Å²) in [5, 5.41) is 3.86. The molecule has 1 saturated heterocycles. The smallest absolute Gasteiger partial charge is 0.293 e. The van der Waals surface area contributed by atoms with Gasteiger partial charge in [-0.05, 0) is 42.7 Å². The highest BCUT2D eigenvalue weighted by molar-refractivity contribution is 5.92. The summed E-state index contributed by atoms with van der Waals surface area (Å²) in [6.07, 6.45) is 3.48. The van der Waals surface area contributed by atoms with Gasteiger partial charge in [0.05, 0.1) is 6.20 Å². The predicted octanol–water partition coefficient (Wildman–Crippen LogP) is 5.18. The third kappa shape index (κ3) is 3.91. The maximum atomic E-state index is 14.0. The second-order valence-electron chi connectivity index (χ2n) is 7.68. The number of oxazole rings is 1. The normalized spacial score (nSPS) is 15.9. The van der Waals surface area contributed by atoms with Crippen LogP contribution in [0, 0.1) is 11.6 Å². The molecule has 0 radical (unpaired) electrons. The first-order chi connectivity index (χ1) is 15.6. The van der Waals surface area contributed by atoms with Crippen molar-refractivity contribution in [1.29, 1.82) is 0 Å². The van der Waals surface area contributed by atoms with Crippen molar-refractivity contribution in [2.24, 2.45) is 0 Å². The van der Waals surface area contributed by atoms with E-state index in [1.165, 1.54) is 24.3 Å². The Kier molecular flexibility index (Phi) is 5.26. The molecule has 0 spiro atoms. The largest absolute Gasteiger partial charge is 0.443 e. The van der Waals surface area contributed by atoms with E-state index >= 15 is 0 Å². The minimum atomic E-state index is -0.440. The molecule has 2 aromatic heterocycles. The van der Waals surface area contributed by atoms with Gasteiger partial charge in [0, 0.05) is 24.6 Å². The van der Waals surface area contributed by atoms with Crippen LogP contribution in [0.5, 0.6) is 0 Å². The Hall–Kier alpha value is -3.81. The molecule has 0 bridgehead atoms. The van der Waals surface area contributed by atoms with Gasteiger partial charge >= 0.3 is 0 Å². The fourth-order valence-corrected chi connectivity index (χ4v) is 3.99. The number of benzene rings is 2. The van der Waals surface area contributed by atoms with Crippen molar-refractivity contribution in [3.63, 3.8) is 0 Å². The standard InChI is InChI=1S/C24H19F2N3O3/c25-16-6-3-5-15(11-16)12-17-14-27-23(31-17)21-9-4-10-29(21)24(30)22-13-20(28-32-22)18-7-1-2-8-19(18)26/h1-3,5-8,11,13-14,21H,4,9-10,12H2/t21-/m0/s1. The van der Waals surface area contributed by atoms with Crippen LogP contribution in [-0.4, -0.2) is 27.5 Å². The summed E-state index contributed by atoms with van der Waals surface area (Å²) in [5.41, 5.74) is 1.30. The monoisotopic (exact) mass is 435 g/mol. The Morgan fingerprint density at radius 3 is 2.84 bits per heavy atom. The number of hydrogen-bond donors (Lipinski definition) is 0. The number of nitrogens with zero attached hydrogens (tertiary/aromatic N) is 3. The molecule has 0 saturated carbocycles. The van der Waals surface area contributed by atoms with Crippen molar-refractivity contribution < 1.29 is 22.5 Å². The van der Waals surface area contributed by atoms with Gasteiger partial charge in [0.25, 0.3) is 5.91 Å². The van der Waals surface area contributed by atoms with E-state index in [-0.39, 0.29) is 34.8 Å². The molecule has 1 aliphatic rings. The van der Waals surface area contributed by atoms with Crippen molar-refractivity contribution in [3.05, 3.63) is 95.4 Å². The zero-order valence-corrected chi connectivity index (χ0v) is 17.0. The molecule has 3 heterocycles. The van der Waals surface area contributed by atoms with Gasteiger partial charge in [0.1, 0.15) is 29.1 Å². The predicted molar refractivity (Wildman–Crippen MR) is 111 cm³/mol. The highest BCUT2D eigenvalue weighted by Gasteiger charge is 2.35. The lowest BCUT2D eigenvalue weighted by Gasteiger charge is -2.20. The lowest BCUT2D eigenvalue weighted by atomic mass is 10.1. The van der Waals surface area contributed by atoms with Crippen LogP contribution in [0.15, 0.2) is 69.7 Å². The molecule has 1 aliphatic heterocycles. The van der Waals surface area contributed by atoms with Crippen molar-refractivity contribution in [1.82, 2.24) is 15.0 Å². The van der Waals surface area contributed by atoms with Crippen molar-refractivity contribution in [2.75, 3.05) is 6.54 Å². The average molecular weight is 435 g/mol. The van der Waals surface area contributed by atoms with E-state index in [0.29, 0.717) is 31.0 Å². The molecule has 1 atom stereocenters. The molecular weight excluding hydrogens is 416 g/mol. The molecular formula is C24H19F2N3O3. The van der Waals surface area contributed by atoms with Crippen LogP contribution >= 0.6 is 0 Å². The highest BCUT2D eigenvalue weighted by Crippen LogP contribution is 2.34. The number of likely N-dealkylation sites (tertiary alicyclic amines) is 1. The van der Waals surface area contributed by atoms with E-state index in [1.807, 2.05) is 6.07 Å². The summed E-state index contributed by atoms with van der Waals surface area (Å²) < 4.78 is 38.6. The van der Waals surface area contributed by atoms with E-state index in [2.05, 4.69) is 10.1 Å². The molecule has 0 unspecified atom stereocenters. The minimum Gasteiger partial charge on any atom is -0.443 e. The Labute approximate surface area is 182 Å². The van der Waals surface area contributed by atoms with E-state index < -0.39 is 5.82 Å². The fraction of sp³-hybridized carbons (Fsp3) is 0.208. The van der Waals surface area contributed by atoms with Crippen molar-refractivity contribution >= 4 is 5.91 Å². The lowest BCUT2D eigenvalue weighted by Crippen LogP contribution is -2.30. The molecule has 5 rings (SSSR count). The maximum absolute atomic E-state index is 14.0. The van der Waals surface area contributed by atoms with E-state index in [1.54, 1.807) is 35.4 Å². The first-order valence-electron chi connectivity index (χ1n) is 10.3. The lowest BCUT2D eigenvalue weighted by molar-refractivity contribution is 0.0672. The molecule has 0 N–H and O–H groups in total. The van der Waals surface area contributed by atoms with Crippen LogP contribution in [-0.2, 0) is 6.42 Å². The van der Waals surface area contributed by atoms with Crippen molar-refractivity contribution in [3.8, 4) is 11.3 Å². The highest BCUT2D eigenvalue weighted by atomic mass is 19.1. The topological polar surface area (TPSA) is 72.4 Å². The quantitative estimate of drug-likeness (QED) is 0.432. The third-order valence-corrected chi connectivity index (χ3v) is 5.51. The van der Waals surface area contributed by atoms with Gasteiger partial charge in [-0.25, -0.2) is 13.8 Å². The van der Waals surface area contributed by atoms with Gasteiger partial charge in [0.2, 0.25) is 11.7 Å². The number of amides is 1. The van der Waals surface area contributed by atoms with Gasteiger partial charge < -0.3 is 13.8 Å². The Bertz CT molecular complexity index is 1270. The van der Waals surface area contributed by atoms with Crippen LogP contribution in [0.1, 0.15) is 46.7 Å². The molecule has 1 fully saturated rings. The van der Waals surface area contributed by atoms with Gasteiger partial charge in [-0.3, -0.25) is 4.79 Å². The summed E-state index contributed by atoms with van der Waals surface area (Å²) in [4.78, 5) is 19.1. The SMILES string of the molecule is O=C(c1cc(-c2ccccc2F)no1)N1CCC[C@H]1c1ncc(Cc2cccc(F)c2)o1. The minimum absolute atomic E-state index is 0.0293.